The molecule has 0 spiro atoms. The number of fused-ring (bicyclic) bond motifs is 2. The average molecular weight is 238 g/mol. The lowest BCUT2D eigenvalue weighted by atomic mass is 9.78. The molecule has 17 heavy (non-hydrogen) atoms. The Morgan fingerprint density at radius 1 is 0.941 bits per heavy atom. The van der Waals surface area contributed by atoms with Crippen LogP contribution in [0.25, 0.3) is 0 Å². The Kier molecular flexibility index (Phi) is 3.69. The number of carbonyl (C=O) groups is 2. The number of carbonyl (C=O) groups excluding carboxylic acids is 2. The molecule has 0 aromatic carbocycles. The first-order chi connectivity index (χ1) is 8.19. The third-order valence-corrected chi connectivity index (χ3v) is 4.22. The van der Waals surface area contributed by atoms with Gasteiger partial charge in [-0.3, -0.25) is 9.59 Å². The quantitative estimate of drug-likeness (QED) is 0.765. The molecule has 2 N–H and O–H groups in total. The minimum atomic E-state index is -0.0831. The van der Waals surface area contributed by atoms with Gasteiger partial charge in [-0.15, -0.1) is 0 Å². The summed E-state index contributed by atoms with van der Waals surface area (Å²) in [7, 11) is 0. The van der Waals surface area contributed by atoms with Crippen LogP contribution in [-0.2, 0) is 9.59 Å². The molecule has 2 aliphatic rings. The van der Waals surface area contributed by atoms with Crippen molar-refractivity contribution < 1.29 is 9.59 Å². The van der Waals surface area contributed by atoms with Crippen LogP contribution in [0.2, 0.25) is 0 Å². The first-order valence-electron chi connectivity index (χ1n) is 6.74. The Bertz CT molecular complexity index is 287. The largest absolute Gasteiger partial charge is 0.356 e. The van der Waals surface area contributed by atoms with Crippen LogP contribution in [0.1, 0.15) is 33.1 Å². The summed E-state index contributed by atoms with van der Waals surface area (Å²) in [5, 5.41) is 5.76. The second-order valence-electron chi connectivity index (χ2n) is 5.17. The highest BCUT2D eigenvalue weighted by atomic mass is 16.2. The first kappa shape index (κ1) is 12.4. The molecule has 2 fully saturated rings. The van der Waals surface area contributed by atoms with Crippen molar-refractivity contribution >= 4 is 11.8 Å². The fourth-order valence-corrected chi connectivity index (χ4v) is 3.63. The van der Waals surface area contributed by atoms with Gasteiger partial charge < -0.3 is 10.6 Å². The zero-order valence-electron chi connectivity index (χ0n) is 10.7. The molecule has 2 aliphatic carbocycles. The van der Waals surface area contributed by atoms with E-state index in [1.54, 1.807) is 0 Å². The maximum atomic E-state index is 12.1. The SMILES string of the molecule is CCNC(=O)C1C2CCC(C2)C1C(=O)NCC. The normalized spacial score (nSPS) is 34.7. The van der Waals surface area contributed by atoms with Crippen molar-refractivity contribution in [2.45, 2.75) is 33.1 Å². The van der Waals surface area contributed by atoms with E-state index in [0.29, 0.717) is 24.9 Å². The van der Waals surface area contributed by atoms with Crippen molar-refractivity contribution in [1.29, 1.82) is 0 Å². The predicted molar refractivity (Wildman–Crippen MR) is 65.2 cm³/mol. The van der Waals surface area contributed by atoms with Crippen LogP contribution in [0.15, 0.2) is 0 Å². The Morgan fingerprint density at radius 3 is 1.71 bits per heavy atom. The van der Waals surface area contributed by atoms with Gasteiger partial charge in [0.2, 0.25) is 11.8 Å². The van der Waals surface area contributed by atoms with Crippen LogP contribution in [0.3, 0.4) is 0 Å². The lowest BCUT2D eigenvalue weighted by molar-refractivity contribution is -0.137. The van der Waals surface area contributed by atoms with Gasteiger partial charge in [0.05, 0.1) is 11.8 Å². The van der Waals surface area contributed by atoms with Crippen molar-refractivity contribution in [3.05, 3.63) is 0 Å². The molecule has 0 aliphatic heterocycles. The molecule has 2 rings (SSSR count). The molecule has 0 radical (unpaired) electrons. The van der Waals surface area contributed by atoms with E-state index in [1.165, 1.54) is 0 Å². The molecule has 2 amide bonds. The Morgan fingerprint density at radius 2 is 1.35 bits per heavy atom. The summed E-state index contributed by atoms with van der Waals surface area (Å²) in [6.07, 6.45) is 3.29. The summed E-state index contributed by atoms with van der Waals surface area (Å²) in [5.74, 6) is 0.853. The standard InChI is InChI=1S/C13H22N2O2/c1-3-14-12(16)10-8-5-6-9(7-8)11(10)13(17)15-4-2/h8-11H,3-7H2,1-2H3,(H,14,16)(H,15,17). The Hall–Kier alpha value is -1.06. The van der Waals surface area contributed by atoms with Crippen molar-refractivity contribution in [1.82, 2.24) is 10.6 Å². The number of hydrogen-bond acceptors (Lipinski definition) is 2. The van der Waals surface area contributed by atoms with Crippen LogP contribution in [-0.4, -0.2) is 24.9 Å². The minimum absolute atomic E-state index is 0.0796. The Labute approximate surface area is 103 Å². The van der Waals surface area contributed by atoms with E-state index in [0.717, 1.165) is 19.3 Å². The maximum absolute atomic E-state index is 12.1. The zero-order valence-corrected chi connectivity index (χ0v) is 10.7. The second kappa shape index (κ2) is 5.07. The van der Waals surface area contributed by atoms with Gasteiger partial charge in [-0.05, 0) is 44.9 Å². The number of nitrogens with one attached hydrogen (secondary N) is 2. The van der Waals surface area contributed by atoms with E-state index in [-0.39, 0.29) is 23.7 Å². The monoisotopic (exact) mass is 238 g/mol. The summed E-state index contributed by atoms with van der Waals surface area (Å²) < 4.78 is 0. The van der Waals surface area contributed by atoms with Crippen molar-refractivity contribution in [3.8, 4) is 0 Å². The summed E-state index contributed by atoms with van der Waals surface area (Å²) in [6, 6.07) is 0. The molecule has 96 valence electrons. The first-order valence-corrected chi connectivity index (χ1v) is 6.74. The van der Waals surface area contributed by atoms with E-state index in [1.807, 2.05) is 13.8 Å². The van der Waals surface area contributed by atoms with Gasteiger partial charge in [-0.25, -0.2) is 0 Å². The maximum Gasteiger partial charge on any atom is 0.224 e. The van der Waals surface area contributed by atoms with Gasteiger partial charge >= 0.3 is 0 Å². The van der Waals surface area contributed by atoms with Gasteiger partial charge in [0.15, 0.2) is 0 Å². The fourth-order valence-electron chi connectivity index (χ4n) is 3.63. The van der Waals surface area contributed by atoms with E-state index in [2.05, 4.69) is 10.6 Å². The van der Waals surface area contributed by atoms with Crippen LogP contribution in [0, 0.1) is 23.7 Å². The van der Waals surface area contributed by atoms with Crippen LogP contribution in [0.4, 0.5) is 0 Å². The highest BCUT2D eigenvalue weighted by molar-refractivity contribution is 5.89. The van der Waals surface area contributed by atoms with Crippen molar-refractivity contribution in [2.75, 3.05) is 13.1 Å². The average Bonchev–Trinajstić information content (AvgIpc) is 2.89. The molecule has 4 unspecified atom stereocenters. The topological polar surface area (TPSA) is 58.2 Å². The third kappa shape index (κ3) is 2.17. The van der Waals surface area contributed by atoms with E-state index in [9.17, 15) is 9.59 Å². The number of rotatable bonds is 4. The van der Waals surface area contributed by atoms with Gasteiger partial charge in [0.1, 0.15) is 0 Å². The lowest BCUT2D eigenvalue weighted by Crippen LogP contribution is -2.45. The predicted octanol–water partition coefficient (Wildman–Crippen LogP) is 0.921. The summed E-state index contributed by atoms with van der Waals surface area (Å²) in [6.45, 7) is 5.14. The number of amides is 2. The third-order valence-electron chi connectivity index (χ3n) is 4.22. The Balaban J connectivity index is 2.11. The smallest absolute Gasteiger partial charge is 0.224 e. The highest BCUT2D eigenvalue weighted by Gasteiger charge is 2.53. The van der Waals surface area contributed by atoms with Gasteiger partial charge in [0.25, 0.3) is 0 Å². The molecule has 0 saturated heterocycles. The summed E-state index contributed by atoms with van der Waals surface area (Å²) >= 11 is 0. The highest BCUT2D eigenvalue weighted by Crippen LogP contribution is 2.52. The molecule has 0 aromatic heterocycles. The molecule has 4 nitrogen and oxygen atoms in total. The van der Waals surface area contributed by atoms with Gasteiger partial charge in [-0.2, -0.15) is 0 Å². The van der Waals surface area contributed by atoms with E-state index in [4.69, 9.17) is 0 Å². The number of hydrogen-bond donors (Lipinski definition) is 2. The summed E-state index contributed by atoms with van der Waals surface area (Å²) in [4.78, 5) is 24.1. The zero-order chi connectivity index (χ0) is 12.4. The lowest BCUT2D eigenvalue weighted by Gasteiger charge is -2.28. The second-order valence-corrected chi connectivity index (χ2v) is 5.17. The molecule has 4 atom stereocenters. The minimum Gasteiger partial charge on any atom is -0.356 e. The molecular formula is C13H22N2O2. The molecule has 2 bridgehead atoms. The molecule has 0 aromatic rings. The molecular weight excluding hydrogens is 216 g/mol. The van der Waals surface area contributed by atoms with Gasteiger partial charge in [0, 0.05) is 13.1 Å². The van der Waals surface area contributed by atoms with E-state index < -0.39 is 0 Å². The van der Waals surface area contributed by atoms with Crippen LogP contribution >= 0.6 is 0 Å². The van der Waals surface area contributed by atoms with E-state index >= 15 is 0 Å². The molecule has 4 heteroatoms. The molecule has 0 heterocycles. The molecule has 2 saturated carbocycles. The van der Waals surface area contributed by atoms with Gasteiger partial charge in [-0.1, -0.05) is 0 Å². The van der Waals surface area contributed by atoms with Crippen molar-refractivity contribution in [2.24, 2.45) is 23.7 Å². The van der Waals surface area contributed by atoms with Crippen molar-refractivity contribution in [3.63, 3.8) is 0 Å². The van der Waals surface area contributed by atoms with Crippen LogP contribution in [0.5, 0.6) is 0 Å². The summed E-state index contributed by atoms with van der Waals surface area (Å²) in [5.41, 5.74) is 0. The fraction of sp³-hybridized carbons (Fsp3) is 0.846. The van der Waals surface area contributed by atoms with Crippen LogP contribution < -0.4 is 10.6 Å².